The number of halogens is 2. The number of rotatable bonds is 2. The summed E-state index contributed by atoms with van der Waals surface area (Å²) in [6, 6.07) is 2.11. The SMILES string of the molecule is COc1ccc(F)c(S(=O)(=O)Cl)n1. The molecule has 0 aliphatic rings. The first kappa shape index (κ1) is 10.2. The summed E-state index contributed by atoms with van der Waals surface area (Å²) >= 11 is 0. The van der Waals surface area contributed by atoms with Crippen molar-refractivity contribution in [2.24, 2.45) is 0 Å². The molecule has 0 radical (unpaired) electrons. The molecule has 0 aliphatic carbocycles. The van der Waals surface area contributed by atoms with Crippen LogP contribution in [0.2, 0.25) is 0 Å². The summed E-state index contributed by atoms with van der Waals surface area (Å²) in [7, 11) is 2.03. The topological polar surface area (TPSA) is 56.3 Å². The van der Waals surface area contributed by atoms with Crippen LogP contribution in [0.5, 0.6) is 5.88 Å². The summed E-state index contributed by atoms with van der Waals surface area (Å²) in [5, 5.41) is -0.825. The molecule has 0 spiro atoms. The minimum Gasteiger partial charge on any atom is -0.481 e. The van der Waals surface area contributed by atoms with Crippen LogP contribution in [0.1, 0.15) is 0 Å². The highest BCUT2D eigenvalue weighted by Gasteiger charge is 2.18. The minimum atomic E-state index is -4.16. The quantitative estimate of drug-likeness (QED) is 0.709. The largest absolute Gasteiger partial charge is 0.481 e. The summed E-state index contributed by atoms with van der Waals surface area (Å²) in [4.78, 5) is 3.34. The Morgan fingerprint density at radius 1 is 1.54 bits per heavy atom. The van der Waals surface area contributed by atoms with E-state index < -0.39 is 19.9 Å². The van der Waals surface area contributed by atoms with Crippen molar-refractivity contribution in [2.45, 2.75) is 5.03 Å². The van der Waals surface area contributed by atoms with Crippen molar-refractivity contribution in [3.05, 3.63) is 17.9 Å². The third-order valence-corrected chi connectivity index (χ3v) is 2.42. The smallest absolute Gasteiger partial charge is 0.281 e. The van der Waals surface area contributed by atoms with Gasteiger partial charge in [0.05, 0.1) is 7.11 Å². The summed E-state index contributed by atoms with van der Waals surface area (Å²) in [6.45, 7) is 0. The van der Waals surface area contributed by atoms with Gasteiger partial charge in [-0.2, -0.15) is 4.98 Å². The van der Waals surface area contributed by atoms with Gasteiger partial charge in [0.15, 0.2) is 5.82 Å². The third kappa shape index (κ3) is 2.28. The predicted octanol–water partition coefficient (Wildman–Crippen LogP) is 1.16. The lowest BCUT2D eigenvalue weighted by Crippen LogP contribution is -2.00. The molecule has 1 aromatic rings. The number of nitrogens with zero attached hydrogens (tertiary/aromatic N) is 1. The summed E-state index contributed by atoms with van der Waals surface area (Å²) in [5.74, 6) is -1.02. The van der Waals surface area contributed by atoms with E-state index >= 15 is 0 Å². The van der Waals surface area contributed by atoms with Crippen LogP contribution in [0.15, 0.2) is 17.2 Å². The lowest BCUT2D eigenvalue weighted by atomic mass is 10.5. The highest BCUT2D eigenvalue weighted by Crippen LogP contribution is 2.19. The molecule has 0 saturated carbocycles. The maximum atomic E-state index is 12.8. The second-order valence-electron chi connectivity index (χ2n) is 2.08. The number of methoxy groups -OCH3 is 1. The molecule has 0 bridgehead atoms. The Balaban J connectivity index is 3.36. The van der Waals surface area contributed by atoms with Crippen molar-refractivity contribution in [3.8, 4) is 5.88 Å². The van der Waals surface area contributed by atoms with Crippen LogP contribution in [-0.4, -0.2) is 20.5 Å². The van der Waals surface area contributed by atoms with E-state index in [2.05, 4.69) is 9.72 Å². The van der Waals surface area contributed by atoms with Crippen molar-refractivity contribution >= 4 is 19.7 Å². The first-order chi connectivity index (χ1) is 5.95. The van der Waals surface area contributed by atoms with Crippen LogP contribution in [0.4, 0.5) is 4.39 Å². The molecule has 0 saturated heterocycles. The van der Waals surface area contributed by atoms with Crippen LogP contribution in [-0.2, 0) is 9.05 Å². The molecular formula is C6H5ClFNO3S. The Bertz CT molecular complexity index is 420. The fourth-order valence-electron chi connectivity index (χ4n) is 0.691. The predicted molar refractivity (Wildman–Crippen MR) is 43.8 cm³/mol. The first-order valence-corrected chi connectivity index (χ1v) is 5.41. The maximum absolute atomic E-state index is 12.8. The zero-order valence-corrected chi connectivity index (χ0v) is 8.06. The van der Waals surface area contributed by atoms with Gasteiger partial charge in [-0.15, -0.1) is 0 Å². The van der Waals surface area contributed by atoms with Crippen molar-refractivity contribution in [3.63, 3.8) is 0 Å². The van der Waals surface area contributed by atoms with Crippen molar-refractivity contribution in [1.82, 2.24) is 4.98 Å². The van der Waals surface area contributed by atoms with E-state index in [4.69, 9.17) is 10.7 Å². The van der Waals surface area contributed by atoms with E-state index in [0.717, 1.165) is 6.07 Å². The molecule has 0 amide bonds. The van der Waals surface area contributed by atoms with Crippen LogP contribution in [0.25, 0.3) is 0 Å². The van der Waals surface area contributed by atoms with Crippen molar-refractivity contribution < 1.29 is 17.5 Å². The molecule has 1 rings (SSSR count). The van der Waals surface area contributed by atoms with E-state index in [1.807, 2.05) is 0 Å². The van der Waals surface area contributed by atoms with E-state index in [1.165, 1.54) is 13.2 Å². The Morgan fingerprint density at radius 3 is 2.62 bits per heavy atom. The summed E-state index contributed by atoms with van der Waals surface area (Å²) in [5.41, 5.74) is 0. The highest BCUT2D eigenvalue weighted by molar-refractivity contribution is 8.13. The zero-order chi connectivity index (χ0) is 10.1. The van der Waals surface area contributed by atoms with Gasteiger partial charge in [0, 0.05) is 16.7 Å². The second-order valence-corrected chi connectivity index (χ2v) is 4.56. The standard InChI is InChI=1S/C6H5ClFNO3S/c1-12-5-3-2-4(8)6(9-5)13(7,10)11/h2-3H,1H3. The molecule has 1 heterocycles. The van der Waals surface area contributed by atoms with E-state index in [-0.39, 0.29) is 5.88 Å². The molecule has 0 aromatic carbocycles. The van der Waals surface area contributed by atoms with Gasteiger partial charge in [0.25, 0.3) is 9.05 Å². The van der Waals surface area contributed by atoms with Gasteiger partial charge in [0.1, 0.15) is 0 Å². The van der Waals surface area contributed by atoms with Crippen LogP contribution < -0.4 is 4.74 Å². The number of hydrogen-bond acceptors (Lipinski definition) is 4. The van der Waals surface area contributed by atoms with E-state index in [1.54, 1.807) is 0 Å². The van der Waals surface area contributed by atoms with Gasteiger partial charge < -0.3 is 4.74 Å². The Hall–Kier alpha value is -0.880. The van der Waals surface area contributed by atoms with Gasteiger partial charge in [0.2, 0.25) is 10.9 Å². The van der Waals surface area contributed by atoms with Gasteiger partial charge in [-0.1, -0.05) is 0 Å². The molecule has 0 unspecified atom stereocenters. The number of aromatic nitrogens is 1. The number of hydrogen-bond donors (Lipinski definition) is 0. The van der Waals surface area contributed by atoms with Crippen LogP contribution in [0, 0.1) is 5.82 Å². The minimum absolute atomic E-state index is 0.0133. The molecule has 1 aromatic heterocycles. The zero-order valence-electron chi connectivity index (χ0n) is 6.49. The molecule has 0 fully saturated rings. The van der Waals surface area contributed by atoms with Gasteiger partial charge in [-0.25, -0.2) is 12.8 Å². The summed E-state index contributed by atoms with van der Waals surface area (Å²) < 4.78 is 38.9. The molecule has 13 heavy (non-hydrogen) atoms. The number of pyridine rings is 1. The Morgan fingerprint density at radius 2 is 2.15 bits per heavy atom. The van der Waals surface area contributed by atoms with Crippen molar-refractivity contribution in [2.75, 3.05) is 7.11 Å². The molecule has 0 N–H and O–H groups in total. The highest BCUT2D eigenvalue weighted by atomic mass is 35.7. The monoisotopic (exact) mass is 225 g/mol. The first-order valence-electron chi connectivity index (χ1n) is 3.10. The Kier molecular flexibility index (Phi) is 2.72. The third-order valence-electron chi connectivity index (χ3n) is 1.23. The van der Waals surface area contributed by atoms with E-state index in [0.29, 0.717) is 0 Å². The maximum Gasteiger partial charge on any atom is 0.281 e. The second kappa shape index (κ2) is 3.47. The van der Waals surface area contributed by atoms with Crippen LogP contribution in [0.3, 0.4) is 0 Å². The van der Waals surface area contributed by atoms with Crippen LogP contribution >= 0.6 is 10.7 Å². The fourth-order valence-corrected chi connectivity index (χ4v) is 1.52. The molecular weight excluding hydrogens is 221 g/mol. The van der Waals surface area contributed by atoms with Gasteiger partial charge in [-0.05, 0) is 6.07 Å². The molecule has 72 valence electrons. The fraction of sp³-hybridized carbons (Fsp3) is 0.167. The lowest BCUT2D eigenvalue weighted by molar-refractivity contribution is 0.389. The normalized spacial score (nSPS) is 11.3. The number of ether oxygens (including phenoxy) is 1. The van der Waals surface area contributed by atoms with Gasteiger partial charge in [-0.3, -0.25) is 0 Å². The molecule has 0 atom stereocenters. The Labute approximate surface area is 78.7 Å². The molecule has 7 heteroatoms. The molecule has 0 aliphatic heterocycles. The average Bonchev–Trinajstić information content (AvgIpc) is 2.03. The van der Waals surface area contributed by atoms with Crippen molar-refractivity contribution in [1.29, 1.82) is 0 Å². The summed E-state index contributed by atoms with van der Waals surface area (Å²) in [6.07, 6.45) is 0. The molecule has 4 nitrogen and oxygen atoms in total. The lowest BCUT2D eigenvalue weighted by Gasteiger charge is -2.00. The van der Waals surface area contributed by atoms with Gasteiger partial charge >= 0.3 is 0 Å². The average molecular weight is 226 g/mol. The van der Waals surface area contributed by atoms with E-state index in [9.17, 15) is 12.8 Å².